The number of carbonyl (C=O) groups excluding carboxylic acids is 1. The highest BCUT2D eigenvalue weighted by Gasteiger charge is 2.30. The van der Waals surface area contributed by atoms with E-state index in [1.807, 2.05) is 6.92 Å². The second kappa shape index (κ2) is 6.80. The third-order valence-electron chi connectivity index (χ3n) is 2.72. The molecule has 1 unspecified atom stereocenters. The highest BCUT2D eigenvalue weighted by atomic mass is 35.5. The third-order valence-corrected chi connectivity index (χ3v) is 2.81. The molecule has 0 N–H and O–H groups in total. The number of hydrogen-bond donors (Lipinski definition) is 0. The van der Waals surface area contributed by atoms with E-state index in [1.165, 1.54) is 6.07 Å². The van der Waals surface area contributed by atoms with E-state index in [-0.39, 0.29) is 6.10 Å². The lowest BCUT2D eigenvalue weighted by Crippen LogP contribution is -2.14. The van der Waals surface area contributed by atoms with Crippen molar-refractivity contribution in [1.29, 1.82) is 0 Å². The fourth-order valence-electron chi connectivity index (χ4n) is 1.71. The number of ether oxygens (including phenoxy) is 1. The van der Waals surface area contributed by atoms with Gasteiger partial charge in [0.1, 0.15) is 6.10 Å². The second-order valence-electron chi connectivity index (χ2n) is 4.12. The topological polar surface area (TPSA) is 26.3 Å². The van der Waals surface area contributed by atoms with Crippen molar-refractivity contribution in [3.05, 3.63) is 35.4 Å². The Hall–Kier alpha value is -1.23. The Kier molecular flexibility index (Phi) is 5.66. The molecule has 106 valence electrons. The lowest BCUT2D eigenvalue weighted by molar-refractivity contribution is -0.137. The molecular weight excluding hydrogens is 281 g/mol. The summed E-state index contributed by atoms with van der Waals surface area (Å²) in [5.74, 6) is 0. The molecule has 1 rings (SSSR count). The Morgan fingerprint density at radius 2 is 2.11 bits per heavy atom. The summed E-state index contributed by atoms with van der Waals surface area (Å²) in [6, 6.07) is 5.12. The molecule has 1 aromatic carbocycles. The summed E-state index contributed by atoms with van der Waals surface area (Å²) in [7, 11) is 0. The van der Waals surface area contributed by atoms with Gasteiger partial charge in [-0.15, -0.1) is 0 Å². The number of alkyl halides is 3. The van der Waals surface area contributed by atoms with Crippen molar-refractivity contribution in [2.45, 2.75) is 38.5 Å². The van der Waals surface area contributed by atoms with Crippen molar-refractivity contribution in [3.63, 3.8) is 0 Å². The zero-order valence-corrected chi connectivity index (χ0v) is 11.1. The maximum absolute atomic E-state index is 12.5. The first-order valence-electron chi connectivity index (χ1n) is 5.85. The van der Waals surface area contributed by atoms with Gasteiger partial charge >= 0.3 is 11.6 Å². The molecule has 0 aliphatic heterocycles. The number of aryl methyl sites for hydroxylation is 1. The average molecular weight is 295 g/mol. The van der Waals surface area contributed by atoms with E-state index in [1.54, 1.807) is 6.07 Å². The molecule has 0 spiro atoms. The maximum atomic E-state index is 12.5. The van der Waals surface area contributed by atoms with Gasteiger partial charge in [0.05, 0.1) is 5.56 Å². The minimum absolute atomic E-state index is 0.375. The average Bonchev–Trinajstić information content (AvgIpc) is 2.33. The summed E-state index contributed by atoms with van der Waals surface area (Å²) in [5.41, 5.74) is -1.01. The van der Waals surface area contributed by atoms with Crippen LogP contribution >= 0.6 is 11.6 Å². The molecule has 0 aromatic heterocycles. The molecule has 0 saturated heterocycles. The zero-order valence-electron chi connectivity index (χ0n) is 10.3. The van der Waals surface area contributed by atoms with Gasteiger partial charge in [0.15, 0.2) is 0 Å². The van der Waals surface area contributed by atoms with Crippen molar-refractivity contribution < 1.29 is 22.7 Å². The first-order valence-corrected chi connectivity index (χ1v) is 6.23. The Balaban J connectivity index is 2.65. The van der Waals surface area contributed by atoms with Crippen LogP contribution < -0.4 is 0 Å². The molecule has 0 amide bonds. The Labute approximate surface area is 114 Å². The van der Waals surface area contributed by atoms with Crippen LogP contribution in [0.1, 0.15) is 30.9 Å². The van der Waals surface area contributed by atoms with Crippen LogP contribution in [0, 0.1) is 0 Å². The van der Waals surface area contributed by atoms with Gasteiger partial charge < -0.3 is 4.74 Å². The van der Waals surface area contributed by atoms with Crippen molar-refractivity contribution in [1.82, 2.24) is 0 Å². The molecule has 0 heterocycles. The van der Waals surface area contributed by atoms with Gasteiger partial charge in [-0.2, -0.15) is 13.2 Å². The molecule has 1 atom stereocenters. The Bertz CT molecular complexity index is 432. The predicted molar refractivity (Wildman–Crippen MR) is 66.2 cm³/mol. The lowest BCUT2D eigenvalue weighted by atomic mass is 10.0. The first kappa shape index (κ1) is 15.8. The summed E-state index contributed by atoms with van der Waals surface area (Å²) in [5, 5.41) is 0. The van der Waals surface area contributed by atoms with Crippen LogP contribution in [0.2, 0.25) is 0 Å². The minimum Gasteiger partial charge on any atom is -0.450 e. The maximum Gasteiger partial charge on any atom is 0.416 e. The van der Waals surface area contributed by atoms with Gasteiger partial charge in [-0.1, -0.05) is 25.1 Å². The van der Waals surface area contributed by atoms with E-state index in [9.17, 15) is 18.0 Å². The summed E-state index contributed by atoms with van der Waals surface area (Å²) in [6.07, 6.45) is -3.32. The molecule has 0 fully saturated rings. The van der Waals surface area contributed by atoms with E-state index in [2.05, 4.69) is 0 Å². The van der Waals surface area contributed by atoms with Crippen LogP contribution in [0.5, 0.6) is 0 Å². The van der Waals surface area contributed by atoms with Crippen LogP contribution in [0.25, 0.3) is 0 Å². The Morgan fingerprint density at radius 3 is 2.63 bits per heavy atom. The van der Waals surface area contributed by atoms with Gasteiger partial charge in [0.2, 0.25) is 0 Å². The molecule has 1 aromatic rings. The molecule has 0 aliphatic carbocycles. The smallest absolute Gasteiger partial charge is 0.416 e. The number of halogens is 4. The molecule has 6 heteroatoms. The quantitative estimate of drug-likeness (QED) is 0.730. The van der Waals surface area contributed by atoms with Crippen molar-refractivity contribution in [3.8, 4) is 0 Å². The highest BCUT2D eigenvalue weighted by Crippen LogP contribution is 2.29. The van der Waals surface area contributed by atoms with E-state index < -0.39 is 17.2 Å². The number of benzene rings is 1. The van der Waals surface area contributed by atoms with Crippen molar-refractivity contribution in [2.75, 3.05) is 0 Å². The van der Waals surface area contributed by atoms with Crippen LogP contribution in [0.15, 0.2) is 24.3 Å². The molecular formula is C13H14ClF3O2. The van der Waals surface area contributed by atoms with E-state index in [4.69, 9.17) is 16.3 Å². The van der Waals surface area contributed by atoms with Crippen molar-refractivity contribution in [2.24, 2.45) is 0 Å². The zero-order chi connectivity index (χ0) is 14.5. The SMILES string of the molecule is CCC(CCc1cccc(C(F)(F)F)c1)OC(=O)Cl. The molecule has 0 aliphatic rings. The first-order chi connectivity index (χ1) is 8.82. The van der Waals surface area contributed by atoms with Gasteiger partial charge in [0, 0.05) is 11.6 Å². The fourth-order valence-corrected chi connectivity index (χ4v) is 1.83. The standard InChI is InChI=1S/C13H14ClF3O2/c1-2-11(19-12(14)18)7-6-9-4-3-5-10(8-9)13(15,16)17/h3-5,8,11H,2,6-7H2,1H3. The Morgan fingerprint density at radius 1 is 1.42 bits per heavy atom. The fraction of sp³-hybridized carbons (Fsp3) is 0.462. The molecule has 0 radical (unpaired) electrons. The summed E-state index contributed by atoms with van der Waals surface area (Å²) in [6.45, 7) is 1.82. The predicted octanol–water partition coefficient (Wildman–Crippen LogP) is 4.79. The van der Waals surface area contributed by atoms with Gasteiger partial charge in [0.25, 0.3) is 0 Å². The molecule has 0 saturated carbocycles. The van der Waals surface area contributed by atoms with Gasteiger partial charge in [-0.3, -0.25) is 0 Å². The second-order valence-corrected chi connectivity index (χ2v) is 4.43. The summed E-state index contributed by atoms with van der Waals surface area (Å²) >= 11 is 5.11. The van der Waals surface area contributed by atoms with Crippen LogP contribution in [-0.4, -0.2) is 11.5 Å². The molecule has 0 bridgehead atoms. The number of hydrogen-bond acceptors (Lipinski definition) is 2. The number of rotatable bonds is 5. The lowest BCUT2D eigenvalue weighted by Gasteiger charge is -2.14. The summed E-state index contributed by atoms with van der Waals surface area (Å²) < 4.78 is 42.4. The normalized spacial score (nSPS) is 13.1. The minimum atomic E-state index is -4.34. The molecule has 19 heavy (non-hydrogen) atoms. The molecule has 2 nitrogen and oxygen atoms in total. The summed E-state index contributed by atoms with van der Waals surface area (Å²) in [4.78, 5) is 10.6. The van der Waals surface area contributed by atoms with Crippen LogP contribution in [-0.2, 0) is 17.3 Å². The van der Waals surface area contributed by atoms with Crippen LogP contribution in [0.4, 0.5) is 18.0 Å². The number of carbonyl (C=O) groups is 1. The largest absolute Gasteiger partial charge is 0.450 e. The van der Waals surface area contributed by atoms with E-state index in [0.29, 0.717) is 24.8 Å². The third kappa shape index (κ3) is 5.51. The van der Waals surface area contributed by atoms with E-state index >= 15 is 0 Å². The van der Waals surface area contributed by atoms with Gasteiger partial charge in [-0.05, 0) is 30.9 Å². The van der Waals surface area contributed by atoms with Crippen molar-refractivity contribution >= 4 is 17.0 Å². The van der Waals surface area contributed by atoms with Gasteiger partial charge in [-0.25, -0.2) is 4.79 Å². The monoisotopic (exact) mass is 294 g/mol. The highest BCUT2D eigenvalue weighted by molar-refractivity contribution is 6.61. The van der Waals surface area contributed by atoms with Crippen LogP contribution in [0.3, 0.4) is 0 Å². The van der Waals surface area contributed by atoms with E-state index in [0.717, 1.165) is 12.1 Å².